The van der Waals surface area contributed by atoms with Crippen molar-refractivity contribution < 1.29 is 0 Å². The molecule has 0 amide bonds. The van der Waals surface area contributed by atoms with E-state index in [2.05, 4.69) is 21.8 Å². The fourth-order valence-electron chi connectivity index (χ4n) is 2.25. The Morgan fingerprint density at radius 3 is 3.07 bits per heavy atom. The maximum atomic E-state index is 5.67. The molecule has 2 rings (SSSR count). The second-order valence-corrected chi connectivity index (χ2v) is 4.05. The summed E-state index contributed by atoms with van der Waals surface area (Å²) < 4.78 is 0. The quantitative estimate of drug-likeness (QED) is 0.802. The number of rotatable bonds is 2. The Morgan fingerprint density at radius 1 is 1.47 bits per heavy atom. The summed E-state index contributed by atoms with van der Waals surface area (Å²) >= 11 is 0. The molecule has 0 saturated carbocycles. The fraction of sp³-hybridized carbons (Fsp3) is 0.636. The first-order chi connectivity index (χ1) is 7.31. The van der Waals surface area contributed by atoms with Crippen molar-refractivity contribution in [2.45, 2.75) is 38.6 Å². The van der Waals surface area contributed by atoms with Crippen LogP contribution in [0.3, 0.4) is 0 Å². The van der Waals surface area contributed by atoms with E-state index in [-0.39, 0.29) is 0 Å². The number of piperidine rings is 1. The van der Waals surface area contributed by atoms with Crippen LogP contribution in [-0.2, 0) is 0 Å². The Bertz CT molecular complexity index is 326. The largest absolute Gasteiger partial charge is 0.384 e. The van der Waals surface area contributed by atoms with Gasteiger partial charge in [0.1, 0.15) is 18.0 Å². The number of aromatic nitrogens is 2. The van der Waals surface area contributed by atoms with Crippen molar-refractivity contribution in [3.05, 3.63) is 12.4 Å². The Kier molecular flexibility index (Phi) is 3.04. The second-order valence-electron chi connectivity index (χ2n) is 4.05. The van der Waals surface area contributed by atoms with E-state index in [1.165, 1.54) is 25.7 Å². The first-order valence-corrected chi connectivity index (χ1v) is 5.65. The maximum absolute atomic E-state index is 5.67. The summed E-state index contributed by atoms with van der Waals surface area (Å²) in [7, 11) is 0. The van der Waals surface area contributed by atoms with Gasteiger partial charge in [0, 0.05) is 18.7 Å². The minimum atomic E-state index is 0.556. The molecule has 1 fully saturated rings. The third kappa shape index (κ3) is 2.19. The molecule has 1 saturated heterocycles. The fourth-order valence-corrected chi connectivity index (χ4v) is 2.25. The van der Waals surface area contributed by atoms with Crippen LogP contribution in [0, 0.1) is 0 Å². The van der Waals surface area contributed by atoms with Crippen LogP contribution in [0.5, 0.6) is 0 Å². The molecular weight excluding hydrogens is 188 g/mol. The molecule has 4 nitrogen and oxygen atoms in total. The number of nitrogen functional groups attached to an aromatic ring is 1. The molecule has 1 aromatic rings. The normalized spacial score (nSPS) is 21.7. The van der Waals surface area contributed by atoms with Gasteiger partial charge in [0.15, 0.2) is 0 Å². The van der Waals surface area contributed by atoms with E-state index in [4.69, 9.17) is 5.73 Å². The van der Waals surface area contributed by atoms with Gasteiger partial charge < -0.3 is 10.6 Å². The lowest BCUT2D eigenvalue weighted by molar-refractivity contribution is 0.446. The van der Waals surface area contributed by atoms with Crippen LogP contribution in [0.25, 0.3) is 0 Å². The molecule has 1 aliphatic heterocycles. The van der Waals surface area contributed by atoms with E-state index in [0.29, 0.717) is 11.9 Å². The van der Waals surface area contributed by atoms with Crippen molar-refractivity contribution in [3.63, 3.8) is 0 Å². The summed E-state index contributed by atoms with van der Waals surface area (Å²) in [6.45, 7) is 3.32. The topological polar surface area (TPSA) is 55.0 Å². The lowest BCUT2D eigenvalue weighted by atomic mass is 10.0. The summed E-state index contributed by atoms with van der Waals surface area (Å²) in [5.41, 5.74) is 5.67. The summed E-state index contributed by atoms with van der Waals surface area (Å²) in [4.78, 5) is 10.6. The molecule has 0 bridgehead atoms. The molecule has 1 aliphatic rings. The standard InChI is InChI=1S/C11H18N4/c1-2-9-5-3-4-6-15(9)11-7-10(12)13-8-14-11/h7-9H,2-6H2,1H3,(H2,12,13,14). The SMILES string of the molecule is CCC1CCCCN1c1cc(N)ncn1. The number of hydrogen-bond acceptors (Lipinski definition) is 4. The lowest BCUT2D eigenvalue weighted by Crippen LogP contribution is -2.39. The van der Waals surface area contributed by atoms with Crippen LogP contribution in [0.4, 0.5) is 11.6 Å². The highest BCUT2D eigenvalue weighted by Crippen LogP contribution is 2.25. The smallest absolute Gasteiger partial charge is 0.134 e. The van der Waals surface area contributed by atoms with Gasteiger partial charge >= 0.3 is 0 Å². The third-order valence-corrected chi connectivity index (χ3v) is 3.07. The minimum Gasteiger partial charge on any atom is -0.384 e. The Labute approximate surface area is 90.5 Å². The van der Waals surface area contributed by atoms with Crippen molar-refractivity contribution >= 4 is 11.6 Å². The lowest BCUT2D eigenvalue weighted by Gasteiger charge is -2.36. The highest BCUT2D eigenvalue weighted by molar-refractivity contribution is 5.46. The molecule has 0 spiro atoms. The molecule has 15 heavy (non-hydrogen) atoms. The predicted octanol–water partition coefficient (Wildman–Crippen LogP) is 1.83. The van der Waals surface area contributed by atoms with E-state index in [9.17, 15) is 0 Å². The zero-order valence-electron chi connectivity index (χ0n) is 9.19. The third-order valence-electron chi connectivity index (χ3n) is 3.07. The molecule has 0 aliphatic carbocycles. The van der Waals surface area contributed by atoms with Gasteiger partial charge in [-0.3, -0.25) is 0 Å². The van der Waals surface area contributed by atoms with E-state index in [1.54, 1.807) is 6.33 Å². The molecule has 0 aromatic carbocycles. The molecule has 2 heterocycles. The Hall–Kier alpha value is -1.32. The van der Waals surface area contributed by atoms with Gasteiger partial charge in [-0.05, 0) is 25.7 Å². The van der Waals surface area contributed by atoms with Crippen LogP contribution in [0.2, 0.25) is 0 Å². The summed E-state index contributed by atoms with van der Waals surface area (Å²) in [5.74, 6) is 1.54. The van der Waals surface area contributed by atoms with Crippen LogP contribution < -0.4 is 10.6 Å². The maximum Gasteiger partial charge on any atom is 0.134 e. The zero-order chi connectivity index (χ0) is 10.7. The molecule has 1 atom stereocenters. The number of hydrogen-bond donors (Lipinski definition) is 1. The van der Waals surface area contributed by atoms with Crippen LogP contribution in [0.15, 0.2) is 12.4 Å². The van der Waals surface area contributed by atoms with Gasteiger partial charge in [-0.15, -0.1) is 0 Å². The van der Waals surface area contributed by atoms with Gasteiger partial charge in [-0.2, -0.15) is 0 Å². The van der Waals surface area contributed by atoms with Crippen molar-refractivity contribution in [3.8, 4) is 0 Å². The molecule has 1 unspecified atom stereocenters. The van der Waals surface area contributed by atoms with Gasteiger partial charge in [-0.1, -0.05) is 6.92 Å². The van der Waals surface area contributed by atoms with Crippen LogP contribution in [0.1, 0.15) is 32.6 Å². The van der Waals surface area contributed by atoms with Crippen LogP contribution >= 0.6 is 0 Å². The molecule has 2 N–H and O–H groups in total. The number of nitrogens with two attached hydrogens (primary N) is 1. The minimum absolute atomic E-state index is 0.556. The number of nitrogens with zero attached hydrogens (tertiary/aromatic N) is 3. The Balaban J connectivity index is 2.20. The van der Waals surface area contributed by atoms with Gasteiger partial charge in [0.25, 0.3) is 0 Å². The molecule has 4 heteroatoms. The van der Waals surface area contributed by atoms with E-state index in [0.717, 1.165) is 12.4 Å². The first-order valence-electron chi connectivity index (χ1n) is 5.65. The zero-order valence-corrected chi connectivity index (χ0v) is 9.19. The summed E-state index contributed by atoms with van der Waals surface area (Å²) in [5, 5.41) is 0. The molecule has 82 valence electrons. The molecular formula is C11H18N4. The molecule has 0 radical (unpaired) electrons. The van der Waals surface area contributed by atoms with Crippen molar-refractivity contribution in [1.82, 2.24) is 9.97 Å². The monoisotopic (exact) mass is 206 g/mol. The van der Waals surface area contributed by atoms with Gasteiger partial charge in [-0.25, -0.2) is 9.97 Å². The average Bonchev–Trinajstić information content (AvgIpc) is 2.29. The summed E-state index contributed by atoms with van der Waals surface area (Å²) in [6, 6.07) is 2.49. The van der Waals surface area contributed by atoms with E-state index in [1.807, 2.05) is 6.07 Å². The molecule has 1 aromatic heterocycles. The first kappa shape index (κ1) is 10.2. The predicted molar refractivity (Wildman–Crippen MR) is 61.7 cm³/mol. The average molecular weight is 206 g/mol. The second kappa shape index (κ2) is 4.47. The van der Waals surface area contributed by atoms with Gasteiger partial charge in [0.05, 0.1) is 0 Å². The van der Waals surface area contributed by atoms with Gasteiger partial charge in [0.2, 0.25) is 0 Å². The summed E-state index contributed by atoms with van der Waals surface area (Å²) in [6.07, 6.45) is 6.56. The van der Waals surface area contributed by atoms with Crippen LogP contribution in [-0.4, -0.2) is 22.6 Å². The van der Waals surface area contributed by atoms with Crippen molar-refractivity contribution in [2.75, 3.05) is 17.2 Å². The van der Waals surface area contributed by atoms with E-state index >= 15 is 0 Å². The van der Waals surface area contributed by atoms with Crippen molar-refractivity contribution in [2.24, 2.45) is 0 Å². The Morgan fingerprint density at radius 2 is 2.33 bits per heavy atom. The number of anilines is 2. The van der Waals surface area contributed by atoms with E-state index < -0.39 is 0 Å². The van der Waals surface area contributed by atoms with Crippen molar-refractivity contribution in [1.29, 1.82) is 0 Å². The highest BCUT2D eigenvalue weighted by atomic mass is 15.2. The highest BCUT2D eigenvalue weighted by Gasteiger charge is 2.21.